The van der Waals surface area contributed by atoms with Crippen LogP contribution in [0.25, 0.3) is 6.08 Å². The van der Waals surface area contributed by atoms with Crippen LogP contribution in [-0.4, -0.2) is 33.0 Å². The van der Waals surface area contributed by atoms with Gasteiger partial charge in [-0.3, -0.25) is 9.69 Å². The Hall–Kier alpha value is -2.84. The fraction of sp³-hybridized carbons (Fsp3) is 0.150. The average Bonchev–Trinajstić information content (AvgIpc) is 2.89. The molecular weight excluding hydrogens is 398 g/mol. The van der Waals surface area contributed by atoms with Crippen molar-refractivity contribution < 1.29 is 24.5 Å². The summed E-state index contributed by atoms with van der Waals surface area (Å²) in [5.41, 5.74) is 3.37. The number of carboxylic acids is 1. The van der Waals surface area contributed by atoms with Crippen LogP contribution in [0, 0.1) is 13.8 Å². The number of phenols is 1. The van der Waals surface area contributed by atoms with Gasteiger partial charge in [-0.05, 0) is 49.2 Å². The van der Waals surface area contributed by atoms with Crippen LogP contribution in [0.3, 0.4) is 0 Å². The van der Waals surface area contributed by atoms with Gasteiger partial charge in [0.15, 0.2) is 22.4 Å². The van der Waals surface area contributed by atoms with E-state index in [9.17, 15) is 14.7 Å². The topological polar surface area (TPSA) is 87.1 Å². The molecule has 0 aliphatic carbocycles. The van der Waals surface area contributed by atoms with E-state index in [1.807, 2.05) is 32.0 Å². The van der Waals surface area contributed by atoms with Crippen molar-refractivity contribution in [3.05, 3.63) is 58.0 Å². The lowest BCUT2D eigenvalue weighted by molar-refractivity contribution is -0.139. The number of nitrogens with zero attached hydrogens (tertiary/aromatic N) is 1. The van der Waals surface area contributed by atoms with Crippen molar-refractivity contribution in [2.45, 2.75) is 13.8 Å². The molecule has 1 fully saturated rings. The molecule has 3 rings (SSSR count). The molecule has 1 saturated heterocycles. The second-order valence-electron chi connectivity index (χ2n) is 6.22. The number of ether oxygens (including phenoxy) is 1. The molecule has 2 N–H and O–H groups in total. The van der Waals surface area contributed by atoms with Crippen molar-refractivity contribution in [3.63, 3.8) is 0 Å². The Morgan fingerprint density at radius 1 is 1.25 bits per heavy atom. The summed E-state index contributed by atoms with van der Waals surface area (Å²) < 4.78 is 5.50. The number of aromatic hydroxyl groups is 1. The second kappa shape index (κ2) is 8.04. The molecule has 0 unspecified atom stereocenters. The van der Waals surface area contributed by atoms with Gasteiger partial charge >= 0.3 is 5.97 Å². The van der Waals surface area contributed by atoms with Crippen molar-refractivity contribution in [3.8, 4) is 11.5 Å². The lowest BCUT2D eigenvalue weighted by Crippen LogP contribution is -2.28. The maximum atomic E-state index is 12.9. The van der Waals surface area contributed by atoms with Gasteiger partial charge < -0.3 is 14.9 Å². The van der Waals surface area contributed by atoms with E-state index in [1.165, 1.54) is 28.8 Å². The molecule has 2 aromatic carbocycles. The Balaban J connectivity index is 1.89. The van der Waals surface area contributed by atoms with Crippen LogP contribution in [0.5, 0.6) is 11.5 Å². The number of thioether (sulfide) groups is 1. The Bertz CT molecular complexity index is 1020. The maximum absolute atomic E-state index is 12.9. The summed E-state index contributed by atoms with van der Waals surface area (Å²) in [7, 11) is 0. The summed E-state index contributed by atoms with van der Waals surface area (Å²) in [6.45, 7) is 3.33. The van der Waals surface area contributed by atoms with Crippen LogP contribution >= 0.6 is 24.0 Å². The lowest BCUT2D eigenvalue weighted by atomic mass is 10.1. The average molecular weight is 415 g/mol. The number of carboxylic acid groups (broad SMARTS) is 1. The Morgan fingerprint density at radius 3 is 2.68 bits per heavy atom. The Kier molecular flexibility index (Phi) is 5.71. The fourth-order valence-electron chi connectivity index (χ4n) is 2.76. The minimum absolute atomic E-state index is 0.0287. The van der Waals surface area contributed by atoms with Crippen molar-refractivity contribution in [1.29, 1.82) is 0 Å². The monoisotopic (exact) mass is 415 g/mol. The zero-order valence-electron chi connectivity index (χ0n) is 15.1. The first-order valence-electron chi connectivity index (χ1n) is 8.29. The quantitative estimate of drug-likeness (QED) is 0.566. The lowest BCUT2D eigenvalue weighted by Gasteiger charge is -2.17. The molecule has 8 heteroatoms. The highest BCUT2D eigenvalue weighted by Gasteiger charge is 2.34. The third kappa shape index (κ3) is 4.18. The Labute approximate surface area is 171 Å². The minimum atomic E-state index is -1.15. The number of aryl methyl sites for hydroxylation is 2. The van der Waals surface area contributed by atoms with Gasteiger partial charge in [0.1, 0.15) is 0 Å². The highest BCUT2D eigenvalue weighted by atomic mass is 32.2. The van der Waals surface area contributed by atoms with E-state index in [1.54, 1.807) is 12.1 Å². The smallest absolute Gasteiger partial charge is 0.341 e. The van der Waals surface area contributed by atoms with Crippen LogP contribution in [0.2, 0.25) is 0 Å². The number of amides is 1. The van der Waals surface area contributed by atoms with Crippen LogP contribution < -0.4 is 9.64 Å². The molecule has 1 heterocycles. The first kappa shape index (κ1) is 19.9. The van der Waals surface area contributed by atoms with E-state index in [-0.39, 0.29) is 17.4 Å². The molecule has 0 aromatic heterocycles. The molecule has 6 nitrogen and oxygen atoms in total. The molecule has 0 radical (unpaired) electrons. The molecule has 1 amide bonds. The predicted octanol–water partition coefficient (Wildman–Crippen LogP) is 3.88. The highest BCUT2D eigenvalue weighted by molar-refractivity contribution is 8.27. The normalized spacial score (nSPS) is 15.4. The molecule has 1 aliphatic rings. The number of aliphatic carboxylic acids is 1. The number of phenolic OH excluding ortho intramolecular Hbond substituents is 1. The maximum Gasteiger partial charge on any atom is 0.341 e. The predicted molar refractivity (Wildman–Crippen MR) is 113 cm³/mol. The molecular formula is C20H17NO5S2. The van der Waals surface area contributed by atoms with Gasteiger partial charge in [-0.1, -0.05) is 47.7 Å². The number of rotatable bonds is 5. The van der Waals surface area contributed by atoms with Gasteiger partial charge in [-0.2, -0.15) is 0 Å². The van der Waals surface area contributed by atoms with E-state index in [2.05, 4.69) is 0 Å². The molecule has 1 aliphatic heterocycles. The largest absolute Gasteiger partial charge is 0.504 e. The van der Waals surface area contributed by atoms with Crippen molar-refractivity contribution in [2.24, 2.45) is 0 Å². The Morgan fingerprint density at radius 2 is 2.00 bits per heavy atom. The van der Waals surface area contributed by atoms with Gasteiger partial charge in [-0.15, -0.1) is 0 Å². The van der Waals surface area contributed by atoms with E-state index >= 15 is 0 Å². The van der Waals surface area contributed by atoms with Crippen molar-refractivity contribution >= 4 is 51.9 Å². The minimum Gasteiger partial charge on any atom is -0.504 e. The summed E-state index contributed by atoms with van der Waals surface area (Å²) in [6.07, 6.45) is 1.63. The number of carbonyl (C=O) groups excluding carboxylic acids is 1. The van der Waals surface area contributed by atoms with E-state index in [0.717, 1.165) is 16.8 Å². The van der Waals surface area contributed by atoms with E-state index < -0.39 is 12.6 Å². The van der Waals surface area contributed by atoms with E-state index in [4.69, 9.17) is 22.1 Å². The first-order valence-corrected chi connectivity index (χ1v) is 9.51. The summed E-state index contributed by atoms with van der Waals surface area (Å²) in [5.74, 6) is -1.54. The molecule has 0 saturated carbocycles. The third-order valence-electron chi connectivity index (χ3n) is 4.02. The summed E-state index contributed by atoms with van der Waals surface area (Å²) >= 11 is 6.58. The molecule has 2 aromatic rings. The van der Waals surface area contributed by atoms with Gasteiger partial charge in [0.25, 0.3) is 5.91 Å². The number of hydrogen-bond acceptors (Lipinski definition) is 6. The van der Waals surface area contributed by atoms with Gasteiger partial charge in [0, 0.05) is 0 Å². The van der Waals surface area contributed by atoms with E-state index in [0.29, 0.717) is 14.8 Å². The molecule has 144 valence electrons. The first-order chi connectivity index (χ1) is 13.3. The van der Waals surface area contributed by atoms with Crippen LogP contribution in [0.4, 0.5) is 5.69 Å². The number of hydrogen-bond donors (Lipinski definition) is 2. The summed E-state index contributed by atoms with van der Waals surface area (Å²) in [4.78, 5) is 25.5. The van der Waals surface area contributed by atoms with Crippen LogP contribution in [0.15, 0.2) is 41.3 Å². The van der Waals surface area contributed by atoms with Crippen molar-refractivity contribution in [1.82, 2.24) is 0 Å². The van der Waals surface area contributed by atoms with Crippen molar-refractivity contribution in [2.75, 3.05) is 11.5 Å². The van der Waals surface area contributed by atoms with Crippen LogP contribution in [-0.2, 0) is 9.59 Å². The van der Waals surface area contributed by atoms with Gasteiger partial charge in [0.05, 0.1) is 10.6 Å². The number of anilines is 1. The number of benzene rings is 2. The third-order valence-corrected chi connectivity index (χ3v) is 5.32. The molecule has 0 atom stereocenters. The molecule has 0 bridgehead atoms. The molecule has 28 heavy (non-hydrogen) atoms. The number of thiocarbonyl (C=S) groups is 1. The highest BCUT2D eigenvalue weighted by Crippen LogP contribution is 2.38. The molecule has 0 spiro atoms. The van der Waals surface area contributed by atoms with Gasteiger partial charge in [0.2, 0.25) is 0 Å². The van der Waals surface area contributed by atoms with Gasteiger partial charge in [-0.25, -0.2) is 4.79 Å². The van der Waals surface area contributed by atoms with Crippen LogP contribution in [0.1, 0.15) is 16.7 Å². The summed E-state index contributed by atoms with van der Waals surface area (Å²) in [6, 6.07) is 10.2. The zero-order chi connectivity index (χ0) is 20.4. The fourth-order valence-corrected chi connectivity index (χ4v) is 4.04. The SMILES string of the molecule is Cc1ccc(N2C(=O)/C(=C/c3ccc(O)c(OCC(=O)O)c3)SC2=S)c(C)c1. The second-order valence-corrected chi connectivity index (χ2v) is 7.89. The summed E-state index contributed by atoms with van der Waals surface area (Å²) in [5, 5.41) is 18.5. The number of carbonyl (C=O) groups is 2. The standard InChI is InChI=1S/C20H17NO5S2/c1-11-3-5-14(12(2)7-11)21-19(25)17(28-20(21)27)9-13-4-6-15(22)16(8-13)26-10-18(23)24/h3-9,22H,10H2,1-2H3,(H,23,24)/b17-9-. The zero-order valence-corrected chi connectivity index (χ0v) is 16.8.